The van der Waals surface area contributed by atoms with Crippen LogP contribution >= 0.6 is 0 Å². The lowest BCUT2D eigenvalue weighted by molar-refractivity contribution is -0.131. The van der Waals surface area contributed by atoms with Crippen LogP contribution in [0, 0.1) is 0 Å². The molecule has 0 saturated carbocycles. The van der Waals surface area contributed by atoms with E-state index in [4.69, 9.17) is 15.7 Å². The van der Waals surface area contributed by atoms with Crippen molar-refractivity contribution in [3.05, 3.63) is 0 Å². The van der Waals surface area contributed by atoms with E-state index in [0.29, 0.717) is 0 Å². The Hall–Kier alpha value is -1.14. The molecule has 0 bridgehead atoms. The third-order valence-corrected chi connectivity index (χ3v) is 1.55. The van der Waals surface area contributed by atoms with Crippen LogP contribution in [0.3, 0.4) is 0 Å². The van der Waals surface area contributed by atoms with Gasteiger partial charge in [0.2, 0.25) is 11.8 Å². The maximum atomic E-state index is 10.1. The number of rotatable bonds is 3. The number of ether oxygens (including phenoxy) is 1. The molecule has 0 aromatic rings. The zero-order valence-corrected chi connectivity index (χ0v) is 7.99. The molecule has 82 valence electrons. The number of nitrogens with two attached hydrogens (primary N) is 1. The maximum Gasteiger partial charge on any atom is 0.243 e. The molecule has 0 aromatic heterocycles. The second-order valence-corrected chi connectivity index (χ2v) is 2.82. The van der Waals surface area contributed by atoms with Crippen molar-refractivity contribution < 1.29 is 19.5 Å². The zero-order chi connectivity index (χ0) is 10.8. The molecule has 14 heavy (non-hydrogen) atoms. The van der Waals surface area contributed by atoms with Gasteiger partial charge in [-0.3, -0.25) is 14.8 Å². The molecule has 0 atom stereocenters. The first kappa shape index (κ1) is 12.9. The van der Waals surface area contributed by atoms with E-state index in [-0.39, 0.29) is 12.8 Å². The van der Waals surface area contributed by atoms with Gasteiger partial charge in [0, 0.05) is 26.1 Å². The van der Waals surface area contributed by atoms with Gasteiger partial charge in [-0.25, -0.2) is 5.48 Å². The normalized spacial score (nSPS) is 14.1. The molecule has 0 radical (unpaired) electrons. The highest BCUT2D eigenvalue weighted by atomic mass is 16.5. The Labute approximate surface area is 82.4 Å². The van der Waals surface area contributed by atoms with Crippen molar-refractivity contribution in [2.24, 2.45) is 5.73 Å². The lowest BCUT2D eigenvalue weighted by Gasteiger charge is -1.92. The Morgan fingerprint density at radius 3 is 2.14 bits per heavy atom. The van der Waals surface area contributed by atoms with Crippen molar-refractivity contribution >= 4 is 11.8 Å². The quantitative estimate of drug-likeness (QED) is 0.428. The fourth-order valence-corrected chi connectivity index (χ4v) is 0.803. The van der Waals surface area contributed by atoms with Gasteiger partial charge in [-0.1, -0.05) is 0 Å². The summed E-state index contributed by atoms with van der Waals surface area (Å²) in [4.78, 5) is 20.1. The van der Waals surface area contributed by atoms with E-state index in [1.165, 1.54) is 18.3 Å². The third-order valence-electron chi connectivity index (χ3n) is 1.55. The van der Waals surface area contributed by atoms with E-state index < -0.39 is 11.8 Å². The minimum absolute atomic E-state index is 0.0353. The fourth-order valence-electron chi connectivity index (χ4n) is 0.803. The van der Waals surface area contributed by atoms with Gasteiger partial charge in [-0.15, -0.1) is 0 Å². The minimum Gasteiger partial charge on any atom is -0.381 e. The van der Waals surface area contributed by atoms with Gasteiger partial charge >= 0.3 is 0 Å². The van der Waals surface area contributed by atoms with Crippen LogP contribution in [-0.2, 0) is 14.3 Å². The van der Waals surface area contributed by atoms with Gasteiger partial charge in [0.1, 0.15) is 0 Å². The van der Waals surface area contributed by atoms with E-state index in [0.717, 1.165) is 13.2 Å². The van der Waals surface area contributed by atoms with Crippen molar-refractivity contribution in [3.8, 4) is 0 Å². The van der Waals surface area contributed by atoms with Gasteiger partial charge in [-0.2, -0.15) is 0 Å². The average molecular weight is 204 g/mol. The Bertz CT molecular complexity index is 173. The highest BCUT2D eigenvalue weighted by Gasteiger charge is 2.00. The van der Waals surface area contributed by atoms with Crippen LogP contribution in [0.15, 0.2) is 0 Å². The fraction of sp³-hybridized carbons (Fsp3) is 0.750. The third kappa shape index (κ3) is 8.95. The van der Waals surface area contributed by atoms with Crippen LogP contribution in [0.2, 0.25) is 0 Å². The smallest absolute Gasteiger partial charge is 0.243 e. The van der Waals surface area contributed by atoms with Crippen LogP contribution in [-0.4, -0.2) is 30.2 Å². The lowest BCUT2D eigenvalue weighted by atomic mass is 10.3. The van der Waals surface area contributed by atoms with E-state index in [1.807, 2.05) is 0 Å². The predicted molar refractivity (Wildman–Crippen MR) is 48.4 cm³/mol. The molecule has 6 heteroatoms. The number of primary amides is 1. The number of hydroxylamine groups is 1. The molecular formula is C8H16N2O4. The summed E-state index contributed by atoms with van der Waals surface area (Å²) in [7, 11) is 0. The molecular weight excluding hydrogens is 188 g/mol. The van der Waals surface area contributed by atoms with E-state index in [1.54, 1.807) is 0 Å². The summed E-state index contributed by atoms with van der Waals surface area (Å²) in [6.45, 7) is 2.00. The van der Waals surface area contributed by atoms with Crippen molar-refractivity contribution in [1.82, 2.24) is 5.48 Å². The van der Waals surface area contributed by atoms with E-state index in [9.17, 15) is 9.59 Å². The van der Waals surface area contributed by atoms with Crippen LogP contribution < -0.4 is 11.2 Å². The SMILES string of the molecule is C1CCOC1.NC(=O)CCC(=O)NO. The standard InChI is InChI=1S/C4H8N2O3.C4H8O/c5-3(7)1-2-4(8)6-9;1-2-4-5-3-1/h9H,1-2H2,(H2,5,7)(H,6,8);1-4H2. The van der Waals surface area contributed by atoms with Crippen molar-refractivity contribution in [3.63, 3.8) is 0 Å². The molecule has 0 unspecified atom stereocenters. The number of hydrogen-bond donors (Lipinski definition) is 3. The molecule has 4 N–H and O–H groups in total. The molecule has 1 saturated heterocycles. The highest BCUT2D eigenvalue weighted by molar-refractivity contribution is 5.82. The molecule has 2 amide bonds. The lowest BCUT2D eigenvalue weighted by Crippen LogP contribution is -2.21. The van der Waals surface area contributed by atoms with E-state index >= 15 is 0 Å². The molecule has 0 aliphatic carbocycles. The zero-order valence-electron chi connectivity index (χ0n) is 7.99. The number of hydrogen-bond acceptors (Lipinski definition) is 4. The van der Waals surface area contributed by atoms with E-state index in [2.05, 4.69) is 0 Å². The number of carbonyl (C=O) groups excluding carboxylic acids is 2. The monoisotopic (exact) mass is 204 g/mol. The molecule has 1 aliphatic heterocycles. The summed E-state index contributed by atoms with van der Waals surface area (Å²) in [6, 6.07) is 0. The second-order valence-electron chi connectivity index (χ2n) is 2.82. The Balaban J connectivity index is 0.000000280. The first-order valence-corrected chi connectivity index (χ1v) is 4.45. The largest absolute Gasteiger partial charge is 0.381 e. The van der Waals surface area contributed by atoms with Gasteiger partial charge in [-0.05, 0) is 12.8 Å². The Morgan fingerprint density at radius 2 is 1.86 bits per heavy atom. The van der Waals surface area contributed by atoms with Crippen molar-refractivity contribution in [1.29, 1.82) is 0 Å². The summed E-state index contributed by atoms with van der Waals surface area (Å²) in [6.07, 6.45) is 2.46. The van der Waals surface area contributed by atoms with Crippen LogP contribution in [0.25, 0.3) is 0 Å². The summed E-state index contributed by atoms with van der Waals surface area (Å²) in [5, 5.41) is 7.90. The van der Waals surface area contributed by atoms with Crippen LogP contribution in [0.1, 0.15) is 25.7 Å². The first-order valence-electron chi connectivity index (χ1n) is 4.45. The molecule has 0 aromatic carbocycles. The molecule has 0 spiro atoms. The number of amides is 2. The summed E-state index contributed by atoms with van der Waals surface area (Å²) in [5.74, 6) is -1.16. The Morgan fingerprint density at radius 1 is 1.29 bits per heavy atom. The van der Waals surface area contributed by atoms with Crippen LogP contribution in [0.5, 0.6) is 0 Å². The molecule has 1 aliphatic rings. The van der Waals surface area contributed by atoms with Crippen molar-refractivity contribution in [2.75, 3.05) is 13.2 Å². The molecule has 6 nitrogen and oxygen atoms in total. The Kier molecular flexibility index (Phi) is 7.77. The maximum absolute atomic E-state index is 10.1. The van der Waals surface area contributed by atoms with Gasteiger partial charge < -0.3 is 10.5 Å². The minimum atomic E-state index is -0.603. The topological polar surface area (TPSA) is 102 Å². The van der Waals surface area contributed by atoms with Gasteiger partial charge in [0.25, 0.3) is 0 Å². The summed E-state index contributed by atoms with van der Waals surface area (Å²) >= 11 is 0. The average Bonchev–Trinajstić information content (AvgIpc) is 2.71. The van der Waals surface area contributed by atoms with Crippen LogP contribution in [0.4, 0.5) is 0 Å². The highest BCUT2D eigenvalue weighted by Crippen LogP contribution is 1.98. The predicted octanol–water partition coefficient (Wildman–Crippen LogP) is -0.446. The second kappa shape index (κ2) is 8.46. The summed E-state index contributed by atoms with van der Waals surface area (Å²) < 4.78 is 4.94. The van der Waals surface area contributed by atoms with Gasteiger partial charge in [0.15, 0.2) is 0 Å². The molecule has 1 heterocycles. The molecule has 1 fully saturated rings. The first-order chi connectivity index (χ1) is 6.66. The number of nitrogens with one attached hydrogen (secondary N) is 1. The van der Waals surface area contributed by atoms with Gasteiger partial charge in [0.05, 0.1) is 0 Å². The number of carbonyl (C=O) groups is 2. The molecule has 1 rings (SSSR count). The van der Waals surface area contributed by atoms with Crippen molar-refractivity contribution in [2.45, 2.75) is 25.7 Å². The summed E-state index contributed by atoms with van der Waals surface area (Å²) in [5.41, 5.74) is 6.07.